The Kier molecular flexibility index (Phi) is 4.74. The second kappa shape index (κ2) is 6.72. The van der Waals surface area contributed by atoms with Crippen LogP contribution in [0.15, 0.2) is 59.2 Å². The van der Waals surface area contributed by atoms with Gasteiger partial charge in [0.1, 0.15) is 17.3 Å². The summed E-state index contributed by atoms with van der Waals surface area (Å²) < 4.78 is 4.93. The fourth-order valence-electron chi connectivity index (χ4n) is 2.40. The highest BCUT2D eigenvalue weighted by Gasteiger charge is 2.21. The first-order valence-corrected chi connectivity index (χ1v) is 7.02. The maximum atomic E-state index is 11.9. The molecule has 0 saturated heterocycles. The van der Waals surface area contributed by atoms with E-state index in [1.54, 1.807) is 6.92 Å². The molecule has 0 bridgehead atoms. The van der Waals surface area contributed by atoms with Crippen molar-refractivity contribution in [1.29, 1.82) is 5.26 Å². The third kappa shape index (κ3) is 3.07. The van der Waals surface area contributed by atoms with Crippen LogP contribution < -0.4 is 9.88 Å². The van der Waals surface area contributed by atoms with Crippen LogP contribution >= 0.6 is 0 Å². The number of rotatable bonds is 3. The molecule has 5 nitrogen and oxygen atoms in total. The van der Waals surface area contributed by atoms with Gasteiger partial charge in [-0.1, -0.05) is 0 Å². The van der Waals surface area contributed by atoms with Crippen molar-refractivity contribution in [3.63, 3.8) is 0 Å². The number of nitrogens with one attached hydrogen (secondary N) is 1. The lowest BCUT2D eigenvalue weighted by atomic mass is 10.0. The molecule has 0 spiro atoms. The van der Waals surface area contributed by atoms with Crippen LogP contribution in [0.3, 0.4) is 0 Å². The van der Waals surface area contributed by atoms with E-state index in [1.165, 1.54) is 0 Å². The monoisotopic (exact) mass is 296 g/mol. The molecule has 0 aliphatic carbocycles. The van der Waals surface area contributed by atoms with Crippen LogP contribution in [-0.2, 0) is 9.53 Å². The van der Waals surface area contributed by atoms with E-state index in [0.29, 0.717) is 5.57 Å². The summed E-state index contributed by atoms with van der Waals surface area (Å²) >= 11 is 0. The van der Waals surface area contributed by atoms with Gasteiger partial charge in [0, 0.05) is 23.0 Å². The zero-order chi connectivity index (χ0) is 16.1. The van der Waals surface area contributed by atoms with E-state index in [-0.39, 0.29) is 12.2 Å². The maximum absolute atomic E-state index is 11.9. The van der Waals surface area contributed by atoms with Gasteiger partial charge in [0.15, 0.2) is 12.4 Å². The van der Waals surface area contributed by atoms with Gasteiger partial charge in [-0.3, -0.25) is 0 Å². The van der Waals surface area contributed by atoms with E-state index >= 15 is 0 Å². The number of H-pyrrole nitrogens is 1. The van der Waals surface area contributed by atoms with E-state index in [0.717, 1.165) is 17.1 Å². The summed E-state index contributed by atoms with van der Waals surface area (Å²) in [6, 6.07) is 5.84. The van der Waals surface area contributed by atoms with Crippen molar-refractivity contribution in [1.82, 2.24) is 0 Å². The van der Waals surface area contributed by atoms with Gasteiger partial charge >= 0.3 is 5.97 Å². The van der Waals surface area contributed by atoms with Gasteiger partial charge < -0.3 is 9.64 Å². The Labute approximate surface area is 129 Å². The smallest absolute Gasteiger partial charge is 0.349 e. The van der Waals surface area contributed by atoms with E-state index < -0.39 is 5.97 Å². The number of nitrogens with zero attached hydrogens (tertiary/aromatic N) is 2. The predicted molar refractivity (Wildman–Crippen MR) is 82.3 cm³/mol. The molecule has 112 valence electrons. The van der Waals surface area contributed by atoms with Gasteiger partial charge in [0.25, 0.3) is 0 Å². The average molecular weight is 296 g/mol. The van der Waals surface area contributed by atoms with Gasteiger partial charge in [-0.2, -0.15) is 5.26 Å². The SMILES string of the molecule is CCOC(=O)C(C#N)=C1C=C(C)N(c2ccc[nH+]c2)C(C)=C1. The van der Waals surface area contributed by atoms with Crippen molar-refractivity contribution < 1.29 is 14.5 Å². The van der Waals surface area contributed by atoms with Crippen molar-refractivity contribution in [3.8, 4) is 6.07 Å². The molecular weight excluding hydrogens is 278 g/mol. The molecule has 0 atom stereocenters. The Bertz CT molecular complexity index is 687. The normalized spacial score (nSPS) is 13.9. The summed E-state index contributed by atoms with van der Waals surface area (Å²) in [4.78, 5) is 16.9. The van der Waals surface area contributed by atoms with Crippen LogP contribution in [0.1, 0.15) is 20.8 Å². The maximum Gasteiger partial charge on any atom is 0.349 e. The number of allylic oxidation sites excluding steroid dienone is 5. The number of esters is 1. The zero-order valence-corrected chi connectivity index (χ0v) is 12.9. The number of nitriles is 1. The summed E-state index contributed by atoms with van der Waals surface area (Å²) in [6.45, 7) is 5.83. The van der Waals surface area contributed by atoms with Gasteiger partial charge in [-0.25, -0.2) is 9.78 Å². The van der Waals surface area contributed by atoms with E-state index in [2.05, 4.69) is 4.98 Å². The number of anilines is 1. The number of aromatic amines is 1. The molecule has 0 saturated carbocycles. The van der Waals surface area contributed by atoms with Gasteiger partial charge in [0.05, 0.1) is 6.61 Å². The molecule has 0 unspecified atom stereocenters. The molecule has 0 fully saturated rings. The third-order valence-electron chi connectivity index (χ3n) is 3.26. The Morgan fingerprint density at radius 2 is 2.05 bits per heavy atom. The number of ether oxygens (including phenoxy) is 1. The van der Waals surface area contributed by atoms with Crippen molar-refractivity contribution in [2.24, 2.45) is 0 Å². The predicted octanol–water partition coefficient (Wildman–Crippen LogP) is 2.51. The fourth-order valence-corrected chi connectivity index (χ4v) is 2.40. The van der Waals surface area contributed by atoms with Crippen LogP contribution in [0.4, 0.5) is 5.69 Å². The van der Waals surface area contributed by atoms with Crippen molar-refractivity contribution in [2.45, 2.75) is 20.8 Å². The highest BCUT2D eigenvalue weighted by Crippen LogP contribution is 2.29. The molecule has 1 N–H and O–H groups in total. The van der Waals surface area contributed by atoms with Gasteiger partial charge in [-0.15, -0.1) is 0 Å². The Morgan fingerprint density at radius 1 is 1.36 bits per heavy atom. The minimum Gasteiger partial charge on any atom is -0.462 e. The average Bonchev–Trinajstić information content (AvgIpc) is 2.48. The first kappa shape index (κ1) is 15.5. The van der Waals surface area contributed by atoms with Crippen molar-refractivity contribution in [2.75, 3.05) is 11.5 Å². The third-order valence-corrected chi connectivity index (χ3v) is 3.26. The molecule has 2 rings (SSSR count). The topological polar surface area (TPSA) is 67.5 Å². The van der Waals surface area contributed by atoms with Crippen molar-refractivity contribution >= 4 is 11.7 Å². The number of hydrogen-bond acceptors (Lipinski definition) is 4. The summed E-state index contributed by atoms with van der Waals surface area (Å²) in [5, 5.41) is 9.24. The molecule has 2 heterocycles. The van der Waals surface area contributed by atoms with Crippen LogP contribution in [0.2, 0.25) is 0 Å². The zero-order valence-electron chi connectivity index (χ0n) is 12.9. The standard InChI is InChI=1S/C17H17N3O2/c1-4-22-17(21)16(10-18)14-8-12(2)20(13(3)9-14)15-6-5-7-19-11-15/h5-9,11H,4H2,1-3H3/p+1. The lowest BCUT2D eigenvalue weighted by Crippen LogP contribution is -2.23. The lowest BCUT2D eigenvalue weighted by Gasteiger charge is -2.28. The number of carbonyl (C=O) groups excluding carboxylic acids is 1. The summed E-state index contributed by atoms with van der Waals surface area (Å²) in [7, 11) is 0. The van der Waals surface area contributed by atoms with Crippen LogP contribution in [0, 0.1) is 11.3 Å². The molecule has 0 radical (unpaired) electrons. The Morgan fingerprint density at radius 3 is 2.55 bits per heavy atom. The number of pyridine rings is 1. The lowest BCUT2D eigenvalue weighted by molar-refractivity contribution is -0.377. The summed E-state index contributed by atoms with van der Waals surface area (Å²) in [5.41, 5.74) is 3.43. The molecule has 1 aromatic heterocycles. The molecule has 1 aliphatic heterocycles. The van der Waals surface area contributed by atoms with E-state index in [4.69, 9.17) is 4.74 Å². The minimum atomic E-state index is -0.588. The second-order valence-corrected chi connectivity index (χ2v) is 4.83. The molecular formula is C17H18N3O2+. The summed E-state index contributed by atoms with van der Waals surface area (Å²) in [5.74, 6) is -0.588. The van der Waals surface area contributed by atoms with Crippen LogP contribution in [0.25, 0.3) is 0 Å². The number of carbonyl (C=O) groups is 1. The van der Waals surface area contributed by atoms with Crippen molar-refractivity contribution in [3.05, 3.63) is 59.2 Å². The van der Waals surface area contributed by atoms with Gasteiger partial charge in [0.2, 0.25) is 0 Å². The summed E-state index contributed by atoms with van der Waals surface area (Å²) in [6.07, 6.45) is 7.36. The molecule has 5 heteroatoms. The van der Waals surface area contributed by atoms with Crippen LogP contribution in [-0.4, -0.2) is 12.6 Å². The van der Waals surface area contributed by atoms with Gasteiger partial charge in [-0.05, 0) is 39.0 Å². The highest BCUT2D eigenvalue weighted by molar-refractivity contribution is 5.95. The highest BCUT2D eigenvalue weighted by atomic mass is 16.5. The molecule has 1 aromatic rings. The molecule has 0 amide bonds. The first-order chi connectivity index (χ1) is 10.6. The Balaban J connectivity index is 2.44. The number of aromatic nitrogens is 1. The van der Waals surface area contributed by atoms with E-state index in [1.807, 2.05) is 61.5 Å². The largest absolute Gasteiger partial charge is 0.462 e. The Hall–Kier alpha value is -2.87. The van der Waals surface area contributed by atoms with E-state index in [9.17, 15) is 10.1 Å². The number of hydrogen-bond donors (Lipinski definition) is 0. The quantitative estimate of drug-likeness (QED) is 0.488. The molecule has 22 heavy (non-hydrogen) atoms. The fraction of sp³-hybridized carbons (Fsp3) is 0.235. The second-order valence-electron chi connectivity index (χ2n) is 4.83. The minimum absolute atomic E-state index is 0.0276. The molecule has 0 aromatic carbocycles. The molecule has 1 aliphatic rings. The van der Waals surface area contributed by atoms with Crippen LogP contribution in [0.5, 0.6) is 0 Å². The first-order valence-electron chi connectivity index (χ1n) is 7.02.